The third kappa shape index (κ3) is 15.5. The number of hydrogen-bond acceptors (Lipinski definition) is 18. The van der Waals surface area contributed by atoms with Crippen molar-refractivity contribution in [2.24, 2.45) is 17.8 Å². The molecule has 9 amide bonds. The molecule has 3 fully saturated rings. The second-order valence-electron chi connectivity index (χ2n) is 33.5. The van der Waals surface area contributed by atoms with Gasteiger partial charge < -0.3 is 59.9 Å². The number of fused-ring (bicyclic) bond motifs is 3. The SMILES string of the molecule is Cc1ncsc1-c1ccc(CNC(=O)C2(C)C[C@@H](O)CN2C(=O)[C@H](C(C)C)N2Cc3ccc(O[C@H]4CN(C(=O)[C@H](C(C)C)N5Cc6ccc(O[C@H]7CN(C(=O)[C@H](C(C)C)N8Cc9ccccc9C8=O)C(C)(C(=O)NCc8ccc(-c9scnc9C)cc8)C7)cc6C5=O)C(C)(C(=O)NCc5ccc(-c6scnc6C)cc5)C4)cc3C2=O)cc1. The van der Waals surface area contributed by atoms with Crippen molar-refractivity contribution in [3.05, 3.63) is 217 Å². The predicted octanol–water partition coefficient (Wildman–Crippen LogP) is 12.1. The number of carbonyl (C=O) groups is 9. The van der Waals surface area contributed by atoms with Crippen molar-refractivity contribution in [3.8, 4) is 42.8 Å². The van der Waals surface area contributed by atoms with Crippen LogP contribution in [0.3, 0.4) is 0 Å². The number of aryl methyl sites for hydroxylation is 3. The van der Waals surface area contributed by atoms with Crippen LogP contribution in [0.1, 0.15) is 163 Å². The highest BCUT2D eigenvalue weighted by Gasteiger charge is 2.57. The average Bonchev–Trinajstić information content (AvgIpc) is 1.60. The summed E-state index contributed by atoms with van der Waals surface area (Å²) in [6, 6.07) is 38.1. The summed E-state index contributed by atoms with van der Waals surface area (Å²) >= 11 is 4.64. The first-order valence-electron chi connectivity index (χ1n) is 40.0. The molecule has 6 aromatic carbocycles. The third-order valence-corrected chi connectivity index (χ3v) is 27.2. The fourth-order valence-corrected chi connectivity index (χ4v) is 20.4. The molecule has 27 heteroatoms. The molecule has 9 atom stereocenters. The van der Waals surface area contributed by atoms with Gasteiger partial charge >= 0.3 is 0 Å². The van der Waals surface area contributed by atoms with Crippen LogP contribution < -0.4 is 25.4 Å². The van der Waals surface area contributed by atoms with Crippen LogP contribution in [0.25, 0.3) is 31.3 Å². The standard InChI is InChI=1S/C90H98N12O12S3/c1-50(2)73(82(107)100-44-65(103)35-88(100,10)85(110)91-38-56-17-23-59(24-18-56)76-53(7)94-47-115-76)98-42-63-29-31-66(33-71(63)80(98)105)114-69-37-90(12,87(112)93-40-58-21-27-61(28-22-58)78-55(9)96-49-117-78)102(46-69)84(109)75(52(5)6)99-43-64-30-32-67(34-72(64)81(99)106)113-68-36-89(11,86(111)92-39-57-19-25-60(26-20-57)77-54(8)95-48-116-77)101(45-68)83(108)74(51(3)4)97-41-62-15-13-14-16-70(62)79(97)104/h13-34,47-52,65,68-69,73-75,103H,35-46H2,1-12H3,(H,91,110)(H,92,111)(H,93,112)/t65-,68-,69-,73+,74+,75+,88?,89?,90?/m1/s1. The quantitative estimate of drug-likeness (QED) is 0.0414. The van der Waals surface area contributed by atoms with E-state index in [-0.39, 0.29) is 95.7 Å². The van der Waals surface area contributed by atoms with Crippen molar-refractivity contribution >= 4 is 87.2 Å². The van der Waals surface area contributed by atoms with Crippen LogP contribution in [0.4, 0.5) is 0 Å². The molecule has 3 aromatic heterocycles. The molecule has 3 saturated heterocycles. The summed E-state index contributed by atoms with van der Waals surface area (Å²) in [6.45, 7) is 22.8. The highest BCUT2D eigenvalue weighted by molar-refractivity contribution is 7.14. The van der Waals surface area contributed by atoms with Crippen molar-refractivity contribution in [1.29, 1.82) is 0 Å². The van der Waals surface area contributed by atoms with Gasteiger partial charge in [-0.1, -0.05) is 145 Å². The van der Waals surface area contributed by atoms with E-state index in [0.717, 1.165) is 70.7 Å². The van der Waals surface area contributed by atoms with Gasteiger partial charge in [0, 0.05) is 81.8 Å². The van der Waals surface area contributed by atoms with Gasteiger partial charge in [0.25, 0.3) is 17.7 Å². The minimum absolute atomic E-state index is 0.00499. The molecule has 6 aliphatic heterocycles. The van der Waals surface area contributed by atoms with Gasteiger partial charge in [-0.15, -0.1) is 34.0 Å². The zero-order chi connectivity index (χ0) is 82.8. The summed E-state index contributed by atoms with van der Waals surface area (Å²) in [5, 5.41) is 20.5. The fourth-order valence-electron chi connectivity index (χ4n) is 18.0. The molecule has 117 heavy (non-hydrogen) atoms. The van der Waals surface area contributed by atoms with Crippen LogP contribution in [0.5, 0.6) is 11.5 Å². The Bertz CT molecular complexity index is 5370. The summed E-state index contributed by atoms with van der Waals surface area (Å²) in [4.78, 5) is 161. The fraction of sp³-hybridized carbons (Fsp3) is 0.400. The Morgan fingerprint density at radius 2 is 0.752 bits per heavy atom. The molecule has 0 radical (unpaired) electrons. The molecular formula is C90H98N12O12S3. The number of nitrogens with zero attached hydrogens (tertiary/aromatic N) is 9. The number of hydrogen-bond donors (Lipinski definition) is 4. The molecule has 9 aromatic rings. The number of amides is 9. The van der Waals surface area contributed by atoms with Gasteiger partial charge in [0.1, 0.15) is 58.4 Å². The lowest BCUT2D eigenvalue weighted by Crippen LogP contribution is -2.60. The molecule has 4 N–H and O–H groups in total. The number of thiazole rings is 3. The van der Waals surface area contributed by atoms with Crippen LogP contribution in [0.2, 0.25) is 0 Å². The Hall–Kier alpha value is -11.0. The Kier molecular flexibility index (Phi) is 22.5. The van der Waals surface area contributed by atoms with Gasteiger partial charge in [0.2, 0.25) is 35.4 Å². The summed E-state index contributed by atoms with van der Waals surface area (Å²) < 4.78 is 13.6. The van der Waals surface area contributed by atoms with Gasteiger partial charge in [0.15, 0.2) is 0 Å². The minimum Gasteiger partial charge on any atom is -0.488 e. The van der Waals surface area contributed by atoms with E-state index in [1.165, 1.54) is 30.9 Å². The van der Waals surface area contributed by atoms with E-state index in [4.69, 9.17) is 9.47 Å². The van der Waals surface area contributed by atoms with Crippen molar-refractivity contribution in [3.63, 3.8) is 0 Å². The first kappa shape index (κ1) is 81.2. The molecule has 9 heterocycles. The highest BCUT2D eigenvalue weighted by Crippen LogP contribution is 2.43. The average molecular weight is 1640 g/mol. The lowest BCUT2D eigenvalue weighted by molar-refractivity contribution is -0.148. The van der Waals surface area contributed by atoms with Crippen LogP contribution >= 0.6 is 34.0 Å². The Balaban J connectivity index is 0.653. The van der Waals surface area contributed by atoms with E-state index in [9.17, 15) is 24.3 Å². The normalized spacial score (nSPS) is 21.6. The maximum atomic E-state index is 16.0. The first-order valence-corrected chi connectivity index (χ1v) is 42.6. The van der Waals surface area contributed by atoms with Crippen molar-refractivity contribution in [2.75, 3.05) is 19.6 Å². The Morgan fingerprint density at radius 3 is 1.08 bits per heavy atom. The highest BCUT2D eigenvalue weighted by atomic mass is 32.1. The molecule has 0 aliphatic carbocycles. The first-order chi connectivity index (χ1) is 55.9. The summed E-state index contributed by atoms with van der Waals surface area (Å²) in [5.74, 6) is -4.45. The van der Waals surface area contributed by atoms with Crippen LogP contribution in [0, 0.1) is 38.5 Å². The summed E-state index contributed by atoms with van der Waals surface area (Å²) in [5.41, 5.74) is 12.4. The molecule has 0 bridgehead atoms. The Labute approximate surface area is 693 Å². The number of β-amino-alcohol motifs (C(OH)–C–C–N with tert-alkyl or cyclic N) is 1. The van der Waals surface area contributed by atoms with Crippen LogP contribution in [-0.4, -0.2) is 175 Å². The minimum atomic E-state index is -1.56. The monoisotopic (exact) mass is 1630 g/mol. The number of carbonyl (C=O) groups excluding carboxylic acids is 9. The van der Waals surface area contributed by atoms with Crippen molar-refractivity contribution in [2.45, 2.75) is 195 Å². The van der Waals surface area contributed by atoms with E-state index in [2.05, 4.69) is 30.9 Å². The zero-order valence-corrected chi connectivity index (χ0v) is 70.3. The van der Waals surface area contributed by atoms with Gasteiger partial charge in [-0.3, -0.25) is 43.2 Å². The Morgan fingerprint density at radius 1 is 0.436 bits per heavy atom. The van der Waals surface area contributed by atoms with Crippen LogP contribution in [0.15, 0.2) is 150 Å². The smallest absolute Gasteiger partial charge is 0.255 e. The number of aromatic nitrogens is 3. The van der Waals surface area contributed by atoms with Crippen molar-refractivity contribution in [1.82, 2.24) is 60.3 Å². The maximum Gasteiger partial charge on any atom is 0.255 e. The number of ether oxygens (including phenoxy) is 2. The lowest BCUT2D eigenvalue weighted by Gasteiger charge is -2.39. The zero-order valence-electron chi connectivity index (χ0n) is 67.8. The second-order valence-corrected chi connectivity index (χ2v) is 36.1. The van der Waals surface area contributed by atoms with Gasteiger partial charge in [-0.25, -0.2) is 15.0 Å². The van der Waals surface area contributed by atoms with E-state index in [1.807, 2.05) is 153 Å². The number of benzene rings is 6. The van der Waals surface area contributed by atoms with Crippen LogP contribution in [-0.2, 0) is 68.0 Å². The maximum absolute atomic E-state index is 16.0. The predicted molar refractivity (Wildman–Crippen MR) is 446 cm³/mol. The number of rotatable bonds is 25. The number of nitrogens with one attached hydrogen (secondary N) is 3. The van der Waals surface area contributed by atoms with Gasteiger partial charge in [0.05, 0.1) is 67.4 Å². The molecular weight excluding hydrogens is 1540 g/mol. The van der Waals surface area contributed by atoms with Crippen molar-refractivity contribution < 1.29 is 57.7 Å². The van der Waals surface area contributed by atoms with E-state index < -0.39 is 112 Å². The molecule has 6 aliphatic rings. The van der Waals surface area contributed by atoms with E-state index >= 15 is 24.0 Å². The lowest BCUT2D eigenvalue weighted by atomic mass is 9.94. The van der Waals surface area contributed by atoms with Gasteiger partial charge in [-0.2, -0.15) is 0 Å². The molecule has 0 saturated carbocycles. The summed E-state index contributed by atoms with van der Waals surface area (Å²) in [6.07, 6.45) is -2.51. The molecule has 15 rings (SSSR count). The largest absolute Gasteiger partial charge is 0.488 e. The summed E-state index contributed by atoms with van der Waals surface area (Å²) in [7, 11) is 0. The molecule has 3 unspecified atom stereocenters. The van der Waals surface area contributed by atoms with Gasteiger partial charge in [-0.05, 0) is 140 Å². The number of likely N-dealkylation sites (tertiary alicyclic amines) is 3. The topological polar surface area (TPSA) is 287 Å². The molecule has 24 nitrogen and oxygen atoms in total. The van der Waals surface area contributed by atoms with E-state index in [0.29, 0.717) is 33.6 Å². The second kappa shape index (κ2) is 32.5. The van der Waals surface area contributed by atoms with E-state index in [1.54, 1.807) is 113 Å². The number of aliphatic hydroxyl groups is 1. The number of aliphatic hydroxyl groups excluding tert-OH is 1. The molecule has 0 spiro atoms. The molecule has 608 valence electrons. The third-order valence-electron chi connectivity index (χ3n) is 24.3.